The van der Waals surface area contributed by atoms with Crippen LogP contribution < -0.4 is 4.74 Å². The van der Waals surface area contributed by atoms with Crippen molar-refractivity contribution >= 4 is 15.9 Å². The highest BCUT2D eigenvalue weighted by atomic mass is 79.9. The average molecular weight is 325 g/mol. The first-order valence-corrected chi connectivity index (χ1v) is 6.33. The molecule has 1 N–H and O–H groups in total. The van der Waals surface area contributed by atoms with E-state index >= 15 is 0 Å². The molecule has 6 heteroatoms. The van der Waals surface area contributed by atoms with Crippen molar-refractivity contribution in [2.75, 3.05) is 6.61 Å². The Bertz CT molecular complexity index is 446. The van der Waals surface area contributed by atoms with Crippen molar-refractivity contribution in [1.29, 1.82) is 0 Å². The lowest BCUT2D eigenvalue weighted by Crippen LogP contribution is -2.21. The van der Waals surface area contributed by atoms with Crippen LogP contribution in [-0.2, 0) is 12.8 Å². The van der Waals surface area contributed by atoms with Crippen LogP contribution in [0.2, 0.25) is 0 Å². The van der Waals surface area contributed by atoms with E-state index in [1.807, 2.05) is 6.07 Å². The second-order valence-corrected chi connectivity index (χ2v) is 5.24. The van der Waals surface area contributed by atoms with Crippen LogP contribution in [0.3, 0.4) is 0 Å². The van der Waals surface area contributed by atoms with Gasteiger partial charge in [0.25, 0.3) is 0 Å². The first-order chi connectivity index (χ1) is 8.35. The normalized spacial score (nSPS) is 16.3. The number of halogens is 4. The largest absolute Gasteiger partial charge is 0.493 e. The second-order valence-electron chi connectivity index (χ2n) is 4.33. The minimum atomic E-state index is -4.35. The van der Waals surface area contributed by atoms with Gasteiger partial charge in [0.15, 0.2) is 0 Å². The Kier molecular flexibility index (Phi) is 3.87. The fraction of sp³-hybridized carbons (Fsp3) is 0.500. The molecule has 0 aromatic heterocycles. The summed E-state index contributed by atoms with van der Waals surface area (Å²) in [6, 6.07) is 3.59. The molecule has 1 aliphatic heterocycles. The molecule has 0 saturated heterocycles. The van der Waals surface area contributed by atoms with Crippen molar-refractivity contribution in [2.24, 2.45) is 0 Å². The Morgan fingerprint density at radius 1 is 1.39 bits per heavy atom. The summed E-state index contributed by atoms with van der Waals surface area (Å²) in [6.45, 7) is 0.536. The summed E-state index contributed by atoms with van der Waals surface area (Å²) >= 11 is 3.31. The number of rotatable bonds is 3. The van der Waals surface area contributed by atoms with Crippen LogP contribution in [0.1, 0.15) is 17.5 Å². The Morgan fingerprint density at radius 2 is 2.11 bits per heavy atom. The van der Waals surface area contributed by atoms with Gasteiger partial charge in [-0.3, -0.25) is 0 Å². The first kappa shape index (κ1) is 13.7. The maximum atomic E-state index is 12.2. The molecule has 1 atom stereocenters. The van der Waals surface area contributed by atoms with Crippen molar-refractivity contribution in [1.82, 2.24) is 0 Å². The molecular formula is C12H12BrF3O2. The van der Waals surface area contributed by atoms with E-state index in [9.17, 15) is 18.3 Å². The Balaban J connectivity index is 2.14. The molecule has 1 heterocycles. The van der Waals surface area contributed by atoms with Crippen LogP contribution in [0.5, 0.6) is 5.75 Å². The van der Waals surface area contributed by atoms with Crippen molar-refractivity contribution in [2.45, 2.75) is 31.5 Å². The van der Waals surface area contributed by atoms with Crippen LogP contribution in [0.4, 0.5) is 13.2 Å². The number of aliphatic hydroxyl groups is 1. The molecule has 0 spiro atoms. The minimum Gasteiger partial charge on any atom is -0.493 e. The highest BCUT2D eigenvalue weighted by Crippen LogP contribution is 2.34. The summed E-state index contributed by atoms with van der Waals surface area (Å²) in [5.74, 6) is 0.624. The highest BCUT2D eigenvalue weighted by molar-refractivity contribution is 9.10. The van der Waals surface area contributed by atoms with E-state index in [0.29, 0.717) is 17.9 Å². The van der Waals surface area contributed by atoms with E-state index in [4.69, 9.17) is 4.74 Å². The molecule has 2 nitrogen and oxygen atoms in total. The fourth-order valence-corrected chi connectivity index (χ4v) is 2.64. The van der Waals surface area contributed by atoms with E-state index in [1.165, 1.54) is 0 Å². The molecule has 1 aromatic carbocycles. The quantitative estimate of drug-likeness (QED) is 0.924. The second kappa shape index (κ2) is 5.09. The van der Waals surface area contributed by atoms with E-state index in [0.717, 1.165) is 16.5 Å². The number of aliphatic hydroxyl groups excluding tert-OH is 1. The van der Waals surface area contributed by atoms with E-state index in [-0.39, 0.29) is 6.42 Å². The monoisotopic (exact) mass is 324 g/mol. The molecule has 0 aliphatic carbocycles. The van der Waals surface area contributed by atoms with Gasteiger partial charge in [-0.15, -0.1) is 0 Å². The number of ether oxygens (including phenoxy) is 1. The number of fused-ring (bicyclic) bond motifs is 1. The average Bonchev–Trinajstić information content (AvgIpc) is 2.61. The molecule has 0 amide bonds. The smallest absolute Gasteiger partial charge is 0.391 e. The Morgan fingerprint density at radius 3 is 2.78 bits per heavy atom. The standard InChI is InChI=1S/C12H12BrF3O2/c13-9-3-7-1-2-18-11(7)8(4-9)5-10(17)6-12(14,15)16/h3-4,10,17H,1-2,5-6H2. The van der Waals surface area contributed by atoms with Gasteiger partial charge in [-0.25, -0.2) is 0 Å². The van der Waals surface area contributed by atoms with E-state index in [2.05, 4.69) is 15.9 Å². The van der Waals surface area contributed by atoms with Gasteiger partial charge in [0.1, 0.15) is 5.75 Å². The van der Waals surface area contributed by atoms with Crippen molar-refractivity contribution in [3.63, 3.8) is 0 Å². The number of benzene rings is 1. The van der Waals surface area contributed by atoms with Gasteiger partial charge in [0.2, 0.25) is 0 Å². The van der Waals surface area contributed by atoms with Gasteiger partial charge in [-0.2, -0.15) is 13.2 Å². The molecule has 0 radical (unpaired) electrons. The molecule has 0 bridgehead atoms. The van der Waals surface area contributed by atoms with Crippen LogP contribution in [-0.4, -0.2) is 24.0 Å². The molecular weight excluding hydrogens is 313 g/mol. The molecule has 2 rings (SSSR count). The van der Waals surface area contributed by atoms with Gasteiger partial charge >= 0.3 is 6.18 Å². The summed E-state index contributed by atoms with van der Waals surface area (Å²) in [6.07, 6.45) is -6.30. The lowest BCUT2D eigenvalue weighted by atomic mass is 10.0. The third kappa shape index (κ3) is 3.38. The van der Waals surface area contributed by atoms with Crippen molar-refractivity contribution in [3.05, 3.63) is 27.7 Å². The number of hydrogen-bond acceptors (Lipinski definition) is 2. The van der Waals surface area contributed by atoms with Gasteiger partial charge in [-0.1, -0.05) is 15.9 Å². The van der Waals surface area contributed by atoms with Crippen molar-refractivity contribution in [3.8, 4) is 5.75 Å². The van der Waals surface area contributed by atoms with Crippen LogP contribution in [0, 0.1) is 0 Å². The van der Waals surface area contributed by atoms with Crippen LogP contribution in [0.15, 0.2) is 16.6 Å². The fourth-order valence-electron chi connectivity index (χ4n) is 2.09. The lowest BCUT2D eigenvalue weighted by molar-refractivity contribution is -0.153. The van der Waals surface area contributed by atoms with Gasteiger partial charge in [-0.05, 0) is 23.3 Å². The molecule has 0 saturated carbocycles. The molecule has 1 aromatic rings. The zero-order valence-electron chi connectivity index (χ0n) is 9.43. The lowest BCUT2D eigenvalue weighted by Gasteiger charge is -2.15. The summed E-state index contributed by atoms with van der Waals surface area (Å²) in [7, 11) is 0. The molecule has 1 aliphatic rings. The number of alkyl halides is 3. The number of hydrogen-bond donors (Lipinski definition) is 1. The summed E-state index contributed by atoms with van der Waals surface area (Å²) in [5.41, 5.74) is 1.59. The van der Waals surface area contributed by atoms with Crippen LogP contribution >= 0.6 is 15.9 Å². The maximum absolute atomic E-state index is 12.2. The van der Waals surface area contributed by atoms with E-state index in [1.54, 1.807) is 6.07 Å². The van der Waals surface area contributed by atoms with E-state index < -0.39 is 18.7 Å². The summed E-state index contributed by atoms with van der Waals surface area (Å²) < 4.78 is 42.7. The molecule has 1 unspecified atom stereocenters. The third-order valence-corrected chi connectivity index (χ3v) is 3.21. The van der Waals surface area contributed by atoms with Gasteiger partial charge in [0, 0.05) is 17.3 Å². The predicted octanol–water partition coefficient (Wildman–Crippen LogP) is 3.24. The zero-order chi connectivity index (χ0) is 13.3. The predicted molar refractivity (Wildman–Crippen MR) is 63.7 cm³/mol. The summed E-state index contributed by atoms with van der Waals surface area (Å²) in [4.78, 5) is 0. The third-order valence-electron chi connectivity index (χ3n) is 2.75. The van der Waals surface area contributed by atoms with Gasteiger partial charge in [0.05, 0.1) is 19.1 Å². The molecule has 100 valence electrons. The molecule has 18 heavy (non-hydrogen) atoms. The SMILES string of the molecule is OC(Cc1cc(Br)cc2c1OCC2)CC(F)(F)F. The molecule has 0 fully saturated rings. The zero-order valence-corrected chi connectivity index (χ0v) is 11.0. The Hall–Kier alpha value is -0.750. The topological polar surface area (TPSA) is 29.5 Å². The van der Waals surface area contributed by atoms with Crippen molar-refractivity contribution < 1.29 is 23.0 Å². The summed E-state index contributed by atoms with van der Waals surface area (Å²) in [5, 5.41) is 9.47. The highest BCUT2D eigenvalue weighted by Gasteiger charge is 2.32. The first-order valence-electron chi connectivity index (χ1n) is 5.54. The van der Waals surface area contributed by atoms with Crippen LogP contribution in [0.25, 0.3) is 0 Å². The minimum absolute atomic E-state index is 0.0543. The Labute approximate surface area is 111 Å². The maximum Gasteiger partial charge on any atom is 0.391 e. The van der Waals surface area contributed by atoms with Gasteiger partial charge < -0.3 is 9.84 Å².